The summed E-state index contributed by atoms with van der Waals surface area (Å²) in [7, 11) is 0. The number of aliphatic hydroxyl groups is 5. The van der Waals surface area contributed by atoms with Crippen molar-refractivity contribution >= 4 is 29.9 Å². The molecule has 0 spiro atoms. The Morgan fingerprint density at radius 1 is 0.979 bits per heavy atom. The molecule has 5 N–H and O–H groups in total. The van der Waals surface area contributed by atoms with E-state index >= 15 is 8.78 Å². The highest BCUT2D eigenvalue weighted by Crippen LogP contribution is 2.30. The molecule has 5 atom stereocenters. The highest BCUT2D eigenvalue weighted by molar-refractivity contribution is 6.30. The molecule has 0 saturated carbocycles. The summed E-state index contributed by atoms with van der Waals surface area (Å²) in [6.45, 7) is 1.28. The highest BCUT2D eigenvalue weighted by Gasteiger charge is 2.36. The van der Waals surface area contributed by atoms with E-state index in [9.17, 15) is 30.0 Å². The predicted molar refractivity (Wildman–Crippen MR) is 167 cm³/mol. The van der Waals surface area contributed by atoms with Crippen LogP contribution in [0.3, 0.4) is 0 Å². The van der Waals surface area contributed by atoms with Gasteiger partial charge in [-0.25, -0.2) is 18.7 Å². The minimum Gasteiger partial charge on any atom is -0.493 e. The summed E-state index contributed by atoms with van der Waals surface area (Å²) in [5, 5.41) is 49.0. The Labute approximate surface area is 281 Å². The monoisotopic (exact) mass is 701 g/mol. The van der Waals surface area contributed by atoms with Crippen LogP contribution in [0.1, 0.15) is 37.4 Å². The van der Waals surface area contributed by atoms with E-state index < -0.39 is 60.2 Å². The SMILES string of the molecule is O=COC(C(=O)N1CCN(C[C@H](O)[C@@H](O)[C@H](O)[C@H](O)CO)CC1)c1c(F)cc(OCCCC2CCN(c3ncc(Cl)cn3)CC2)cc1F. The molecule has 17 heteroatoms. The molecule has 2 saturated heterocycles. The average molecular weight is 702 g/mol. The number of nitrogens with zero attached hydrogens (tertiary/aromatic N) is 5. The summed E-state index contributed by atoms with van der Waals surface area (Å²) in [6, 6.07) is 1.90. The van der Waals surface area contributed by atoms with Crippen LogP contribution in [0.2, 0.25) is 5.02 Å². The van der Waals surface area contributed by atoms with Crippen molar-refractivity contribution in [2.45, 2.75) is 56.2 Å². The number of aliphatic hydroxyl groups excluding tert-OH is 5. The number of rotatable bonds is 16. The molecule has 1 aromatic heterocycles. The van der Waals surface area contributed by atoms with Crippen molar-refractivity contribution in [2.75, 3.05) is 63.9 Å². The zero-order valence-electron chi connectivity index (χ0n) is 26.3. The third-order valence-corrected chi connectivity index (χ3v) is 8.91. The molecule has 0 aliphatic carbocycles. The summed E-state index contributed by atoms with van der Waals surface area (Å²) in [5.74, 6) is -2.03. The van der Waals surface area contributed by atoms with Crippen LogP contribution in [0, 0.1) is 17.6 Å². The maximum Gasteiger partial charge on any atom is 0.294 e. The second-order valence-electron chi connectivity index (χ2n) is 12.0. The lowest BCUT2D eigenvalue weighted by Crippen LogP contribution is -2.54. The van der Waals surface area contributed by atoms with Gasteiger partial charge in [0.1, 0.15) is 35.7 Å². The van der Waals surface area contributed by atoms with Crippen molar-refractivity contribution in [1.29, 1.82) is 0 Å². The summed E-state index contributed by atoms with van der Waals surface area (Å²) < 4.78 is 40.9. The van der Waals surface area contributed by atoms with Crippen molar-refractivity contribution in [3.05, 3.63) is 46.7 Å². The lowest BCUT2D eigenvalue weighted by atomic mass is 9.92. The Kier molecular flexibility index (Phi) is 14.0. The molecule has 2 fully saturated rings. The third-order valence-electron chi connectivity index (χ3n) is 8.71. The van der Waals surface area contributed by atoms with Crippen molar-refractivity contribution in [1.82, 2.24) is 19.8 Å². The Balaban J connectivity index is 1.25. The van der Waals surface area contributed by atoms with Gasteiger partial charge in [-0.05, 0) is 31.6 Å². The van der Waals surface area contributed by atoms with Crippen LogP contribution >= 0.6 is 11.6 Å². The quantitative estimate of drug-likeness (QED) is 0.119. The zero-order valence-corrected chi connectivity index (χ0v) is 27.0. The van der Waals surface area contributed by atoms with Gasteiger partial charge in [0.15, 0.2) is 0 Å². The first-order valence-corrected chi connectivity index (χ1v) is 16.2. The first-order valence-electron chi connectivity index (χ1n) is 15.8. The van der Waals surface area contributed by atoms with Gasteiger partial charge >= 0.3 is 0 Å². The number of halogens is 3. The van der Waals surface area contributed by atoms with Gasteiger partial charge < -0.3 is 44.8 Å². The summed E-state index contributed by atoms with van der Waals surface area (Å²) >= 11 is 5.86. The van der Waals surface area contributed by atoms with Gasteiger partial charge in [0.25, 0.3) is 12.4 Å². The molecule has 0 bridgehead atoms. The molecule has 2 aliphatic rings. The van der Waals surface area contributed by atoms with Crippen molar-refractivity contribution in [3.8, 4) is 5.75 Å². The summed E-state index contributed by atoms with van der Waals surface area (Å²) in [5.41, 5.74) is -0.728. The van der Waals surface area contributed by atoms with Gasteiger partial charge in [0, 0.05) is 57.9 Å². The van der Waals surface area contributed by atoms with Crippen LogP contribution < -0.4 is 9.64 Å². The number of carbonyl (C=O) groups excluding carboxylic acids is 2. The molecule has 48 heavy (non-hydrogen) atoms. The molecular formula is C31H42ClF2N5O9. The Morgan fingerprint density at radius 3 is 2.17 bits per heavy atom. The molecule has 266 valence electrons. The van der Waals surface area contributed by atoms with E-state index in [1.54, 1.807) is 17.3 Å². The van der Waals surface area contributed by atoms with E-state index in [1.165, 1.54) is 4.90 Å². The number of hydrogen-bond donors (Lipinski definition) is 5. The number of carbonyl (C=O) groups is 2. The van der Waals surface area contributed by atoms with Gasteiger partial charge in [-0.3, -0.25) is 14.5 Å². The van der Waals surface area contributed by atoms with E-state index in [-0.39, 0.29) is 51.6 Å². The standard InChI is InChI=1S/C31H42ClF2N5O9/c32-20-14-35-31(36-15-20)39-5-3-19(4-6-39)2-1-11-47-21-12-22(33)26(23(34)13-21)29(48-18-41)30(46)38-9-7-37(8-10-38)16-24(42)27(44)28(45)25(43)17-40/h12-15,18-19,24-25,27-29,40,42-45H,1-11,16-17H2/t24-,25+,27+,28+,29?/m0/s1. The minimum atomic E-state index is -1.88. The van der Waals surface area contributed by atoms with Gasteiger partial charge in [0.2, 0.25) is 12.1 Å². The molecule has 4 rings (SSSR count). The summed E-state index contributed by atoms with van der Waals surface area (Å²) in [4.78, 5) is 38.0. The normalized spacial score (nSPS) is 19.3. The third kappa shape index (κ3) is 9.90. The number of amides is 1. The van der Waals surface area contributed by atoms with Gasteiger partial charge in [-0.2, -0.15) is 0 Å². The Bertz CT molecular complexity index is 1310. The van der Waals surface area contributed by atoms with Crippen LogP contribution in [-0.4, -0.2) is 141 Å². The largest absolute Gasteiger partial charge is 0.493 e. The number of benzene rings is 1. The van der Waals surface area contributed by atoms with Gasteiger partial charge in [-0.1, -0.05) is 11.6 Å². The van der Waals surface area contributed by atoms with Crippen molar-refractivity contribution in [3.63, 3.8) is 0 Å². The van der Waals surface area contributed by atoms with E-state index in [0.29, 0.717) is 23.3 Å². The zero-order chi connectivity index (χ0) is 34.8. The first-order chi connectivity index (χ1) is 23.0. The van der Waals surface area contributed by atoms with E-state index in [0.717, 1.165) is 44.5 Å². The van der Waals surface area contributed by atoms with Crippen molar-refractivity contribution < 1.29 is 53.4 Å². The van der Waals surface area contributed by atoms with Crippen LogP contribution in [0.4, 0.5) is 14.7 Å². The number of hydrogen-bond acceptors (Lipinski definition) is 13. The van der Waals surface area contributed by atoms with Crippen molar-refractivity contribution in [2.24, 2.45) is 5.92 Å². The average Bonchev–Trinajstić information content (AvgIpc) is 3.09. The molecule has 1 aromatic carbocycles. The number of aromatic nitrogens is 2. The van der Waals surface area contributed by atoms with Gasteiger partial charge in [-0.15, -0.1) is 0 Å². The van der Waals surface area contributed by atoms with E-state index in [4.69, 9.17) is 26.2 Å². The lowest BCUT2D eigenvalue weighted by molar-refractivity contribution is -0.154. The number of piperazine rings is 1. The molecule has 2 aromatic rings. The maximum atomic E-state index is 15.2. The lowest BCUT2D eigenvalue weighted by Gasteiger charge is -2.37. The smallest absolute Gasteiger partial charge is 0.294 e. The van der Waals surface area contributed by atoms with E-state index in [1.807, 2.05) is 0 Å². The summed E-state index contributed by atoms with van der Waals surface area (Å²) in [6.07, 6.45) is -1.97. The van der Waals surface area contributed by atoms with Crippen LogP contribution in [0.5, 0.6) is 5.75 Å². The molecular weight excluding hydrogens is 660 g/mol. The molecule has 1 unspecified atom stereocenters. The number of ether oxygens (including phenoxy) is 2. The molecule has 14 nitrogen and oxygen atoms in total. The molecule has 1 amide bonds. The van der Waals surface area contributed by atoms with Crippen LogP contribution in [0.25, 0.3) is 0 Å². The Hall–Kier alpha value is -3.25. The molecule has 2 aliphatic heterocycles. The number of anilines is 1. The fraction of sp³-hybridized carbons (Fsp3) is 0.613. The molecule has 3 heterocycles. The second kappa shape index (κ2) is 17.9. The highest BCUT2D eigenvalue weighted by atomic mass is 35.5. The van der Waals surface area contributed by atoms with Gasteiger partial charge in [0.05, 0.1) is 42.3 Å². The topological polar surface area (TPSA) is 189 Å². The predicted octanol–water partition coefficient (Wildman–Crippen LogP) is 0.278. The fourth-order valence-electron chi connectivity index (χ4n) is 5.90. The van der Waals surface area contributed by atoms with Crippen LogP contribution in [0.15, 0.2) is 24.5 Å². The van der Waals surface area contributed by atoms with Crippen LogP contribution in [-0.2, 0) is 14.3 Å². The Morgan fingerprint density at radius 2 is 1.58 bits per heavy atom. The molecule has 0 radical (unpaired) electrons. The van der Waals surface area contributed by atoms with E-state index in [2.05, 4.69) is 14.9 Å². The maximum absolute atomic E-state index is 15.2. The first kappa shape index (κ1) is 37.6. The number of β-amino-alcohol motifs (C(OH)–C–C–N with tert-alkyl or cyclic N) is 1. The second-order valence-corrected chi connectivity index (χ2v) is 12.4. The fourth-order valence-corrected chi connectivity index (χ4v) is 6.00. The minimum absolute atomic E-state index is 0.0422. The number of piperidine rings is 1.